The van der Waals surface area contributed by atoms with Crippen LogP contribution in [0.15, 0.2) is 60.8 Å². The second-order valence-electron chi connectivity index (χ2n) is 13.7. The van der Waals surface area contributed by atoms with E-state index in [-0.39, 0.29) is 13.0 Å². The van der Waals surface area contributed by atoms with Gasteiger partial charge in [0.2, 0.25) is 0 Å². The molecule has 312 valence electrons. The molecule has 0 aromatic carbocycles. The van der Waals surface area contributed by atoms with Crippen molar-refractivity contribution in [1.82, 2.24) is 0 Å². The summed E-state index contributed by atoms with van der Waals surface area (Å²) in [7, 11) is -5.02. The molecule has 54 heavy (non-hydrogen) atoms. The molecule has 6 N–H and O–H groups in total. The van der Waals surface area contributed by atoms with E-state index in [2.05, 4.69) is 74.6 Å². The van der Waals surface area contributed by atoms with Crippen molar-refractivity contribution in [3.63, 3.8) is 0 Å². The van der Waals surface area contributed by atoms with E-state index in [4.69, 9.17) is 18.5 Å². The summed E-state index contributed by atoms with van der Waals surface area (Å²) in [6, 6.07) is 0. The summed E-state index contributed by atoms with van der Waals surface area (Å²) in [5.41, 5.74) is 0. The molecule has 0 bridgehead atoms. The van der Waals surface area contributed by atoms with Gasteiger partial charge in [0.1, 0.15) is 42.7 Å². The molecule has 1 rings (SSSR count). The molecule has 1 aliphatic rings. The number of unbranched alkanes of at least 4 members (excludes halogenated alkanes) is 10. The second-order valence-corrected chi connectivity index (χ2v) is 15.2. The Bertz CT molecular complexity index is 1120. The van der Waals surface area contributed by atoms with Gasteiger partial charge in [-0.05, 0) is 70.6 Å². The zero-order valence-electron chi connectivity index (χ0n) is 32.7. The molecule has 0 amide bonds. The van der Waals surface area contributed by atoms with E-state index in [0.717, 1.165) is 96.3 Å². The van der Waals surface area contributed by atoms with Crippen molar-refractivity contribution >= 4 is 13.8 Å². The molecule has 0 aromatic heterocycles. The Balaban J connectivity index is 2.49. The molecule has 0 spiro atoms. The van der Waals surface area contributed by atoms with Crippen LogP contribution in [-0.2, 0) is 27.9 Å². The van der Waals surface area contributed by atoms with Crippen molar-refractivity contribution in [3.05, 3.63) is 60.8 Å². The van der Waals surface area contributed by atoms with Gasteiger partial charge in [-0.3, -0.25) is 13.8 Å². The van der Waals surface area contributed by atoms with Crippen molar-refractivity contribution in [2.45, 2.75) is 172 Å². The standard InChI is InChI=1S/C41H71O12P/c1-3-5-7-9-11-13-15-17-19-21-23-25-27-29-31-50-32-34(33-51-54(48,49)53-41-39(46)37(44)36(43)38(45)40(41)47)52-35(42)30-28-26-24-22-20-18-16-14-12-10-8-6-4-2/h6-9,12-15,18,20,34,36-41,43-47H,3-5,10-11,16-17,19,21-33H2,1-2H3,(H,48,49)/b8-6-,9-7-,14-12-,15-13-,20-18-. The average Bonchev–Trinajstić information content (AvgIpc) is 3.15. The first kappa shape index (κ1) is 50.1. The third-order valence-corrected chi connectivity index (χ3v) is 9.84. The molecule has 13 heteroatoms. The van der Waals surface area contributed by atoms with E-state index in [1.807, 2.05) is 0 Å². The zero-order valence-corrected chi connectivity index (χ0v) is 33.6. The highest BCUT2D eigenvalue weighted by Crippen LogP contribution is 2.47. The van der Waals surface area contributed by atoms with Crippen LogP contribution in [0.2, 0.25) is 0 Å². The van der Waals surface area contributed by atoms with Crippen molar-refractivity contribution in [3.8, 4) is 0 Å². The fourth-order valence-electron chi connectivity index (χ4n) is 5.64. The Labute approximate surface area is 324 Å². The monoisotopic (exact) mass is 786 g/mol. The maximum atomic E-state index is 12.8. The Morgan fingerprint density at radius 1 is 0.611 bits per heavy atom. The van der Waals surface area contributed by atoms with Crippen LogP contribution >= 0.6 is 7.82 Å². The molecule has 0 heterocycles. The van der Waals surface area contributed by atoms with Crippen molar-refractivity contribution in [2.24, 2.45) is 0 Å². The topological polar surface area (TPSA) is 192 Å². The van der Waals surface area contributed by atoms with Gasteiger partial charge in [-0.25, -0.2) is 4.57 Å². The van der Waals surface area contributed by atoms with Crippen LogP contribution in [0.1, 0.15) is 129 Å². The molecule has 1 fully saturated rings. The van der Waals surface area contributed by atoms with Gasteiger partial charge < -0.3 is 39.9 Å². The molecular weight excluding hydrogens is 715 g/mol. The number of phosphoric ester groups is 1. The molecule has 6 unspecified atom stereocenters. The summed E-state index contributed by atoms with van der Waals surface area (Å²) in [4.78, 5) is 23.0. The van der Waals surface area contributed by atoms with Crippen LogP contribution in [-0.4, -0.2) is 98.9 Å². The fourth-order valence-corrected chi connectivity index (χ4v) is 6.61. The molecule has 0 aliphatic heterocycles. The second kappa shape index (κ2) is 32.2. The largest absolute Gasteiger partial charge is 0.472 e. The summed E-state index contributed by atoms with van der Waals surface area (Å²) in [5, 5.41) is 50.0. The van der Waals surface area contributed by atoms with Crippen LogP contribution in [0, 0.1) is 0 Å². The quantitative estimate of drug-likeness (QED) is 0.0176. The first-order chi connectivity index (χ1) is 26.0. The van der Waals surface area contributed by atoms with Gasteiger partial charge in [0.25, 0.3) is 0 Å². The number of hydrogen-bond donors (Lipinski definition) is 6. The van der Waals surface area contributed by atoms with Gasteiger partial charge in [-0.2, -0.15) is 0 Å². The third kappa shape index (κ3) is 24.5. The summed E-state index contributed by atoms with van der Waals surface area (Å²) in [5.74, 6) is -0.514. The number of phosphoric acid groups is 1. The number of ether oxygens (including phenoxy) is 2. The number of hydrogen-bond acceptors (Lipinski definition) is 11. The smallest absolute Gasteiger partial charge is 0.457 e. The minimum atomic E-state index is -5.02. The first-order valence-electron chi connectivity index (χ1n) is 20.1. The highest BCUT2D eigenvalue weighted by atomic mass is 31.2. The molecule has 0 saturated heterocycles. The number of esters is 1. The minimum absolute atomic E-state index is 0.0991. The minimum Gasteiger partial charge on any atom is -0.457 e. The van der Waals surface area contributed by atoms with E-state index in [9.17, 15) is 39.8 Å². The lowest BCUT2D eigenvalue weighted by molar-refractivity contribution is -0.220. The van der Waals surface area contributed by atoms with E-state index >= 15 is 0 Å². The van der Waals surface area contributed by atoms with Gasteiger partial charge in [0.05, 0.1) is 13.2 Å². The van der Waals surface area contributed by atoms with Crippen LogP contribution in [0.5, 0.6) is 0 Å². The highest BCUT2D eigenvalue weighted by molar-refractivity contribution is 7.47. The summed E-state index contributed by atoms with van der Waals surface area (Å²) in [6.45, 7) is 3.99. The lowest BCUT2D eigenvalue weighted by atomic mass is 9.85. The lowest BCUT2D eigenvalue weighted by Crippen LogP contribution is -2.64. The number of rotatable bonds is 32. The van der Waals surface area contributed by atoms with Crippen molar-refractivity contribution < 1.29 is 58.3 Å². The number of carbonyl (C=O) groups is 1. The van der Waals surface area contributed by atoms with Gasteiger partial charge in [-0.15, -0.1) is 0 Å². The number of carbonyl (C=O) groups excluding carboxylic acids is 1. The number of aliphatic hydroxyl groups excluding tert-OH is 5. The fraction of sp³-hybridized carbons (Fsp3) is 0.732. The molecule has 1 saturated carbocycles. The van der Waals surface area contributed by atoms with Gasteiger partial charge in [0.15, 0.2) is 0 Å². The maximum absolute atomic E-state index is 12.8. The zero-order chi connectivity index (χ0) is 39.9. The van der Waals surface area contributed by atoms with Gasteiger partial charge in [-0.1, -0.05) is 113 Å². The first-order valence-corrected chi connectivity index (χ1v) is 21.6. The van der Waals surface area contributed by atoms with E-state index in [1.165, 1.54) is 6.42 Å². The predicted molar refractivity (Wildman–Crippen MR) is 212 cm³/mol. The Hall–Kier alpha value is -1.96. The molecular formula is C41H71O12P. The van der Waals surface area contributed by atoms with Crippen molar-refractivity contribution in [2.75, 3.05) is 19.8 Å². The molecule has 6 atom stereocenters. The van der Waals surface area contributed by atoms with Crippen molar-refractivity contribution in [1.29, 1.82) is 0 Å². The van der Waals surface area contributed by atoms with E-state index < -0.39 is 63.1 Å². The lowest BCUT2D eigenvalue weighted by Gasteiger charge is -2.41. The van der Waals surface area contributed by atoms with E-state index in [0.29, 0.717) is 13.0 Å². The van der Waals surface area contributed by atoms with Crippen LogP contribution in [0.25, 0.3) is 0 Å². The summed E-state index contributed by atoms with van der Waals surface area (Å²) in [6.07, 6.45) is 25.9. The third-order valence-electron chi connectivity index (χ3n) is 8.86. The maximum Gasteiger partial charge on any atom is 0.472 e. The highest BCUT2D eigenvalue weighted by Gasteiger charge is 2.51. The summed E-state index contributed by atoms with van der Waals surface area (Å²) >= 11 is 0. The van der Waals surface area contributed by atoms with Crippen LogP contribution < -0.4 is 0 Å². The normalized spacial score (nSPS) is 24.1. The molecule has 1 aliphatic carbocycles. The predicted octanol–water partition coefficient (Wildman–Crippen LogP) is 7.08. The summed E-state index contributed by atoms with van der Waals surface area (Å²) < 4.78 is 34.0. The Morgan fingerprint density at radius 2 is 1.09 bits per heavy atom. The number of aliphatic hydroxyl groups is 5. The molecule has 12 nitrogen and oxygen atoms in total. The SMILES string of the molecule is CC/C=C\C/C=C\C/C=C\CCCCCC(=O)OC(COCCCCCCCC/C=C\C/C=C\CCC)COP(=O)(O)OC1C(O)C(O)C(O)C(O)C1O. The van der Waals surface area contributed by atoms with Gasteiger partial charge in [0, 0.05) is 13.0 Å². The van der Waals surface area contributed by atoms with Crippen LogP contribution in [0.3, 0.4) is 0 Å². The Morgan fingerprint density at radius 3 is 1.67 bits per heavy atom. The molecule has 0 radical (unpaired) electrons. The van der Waals surface area contributed by atoms with Crippen LogP contribution in [0.4, 0.5) is 0 Å². The van der Waals surface area contributed by atoms with Gasteiger partial charge >= 0.3 is 13.8 Å². The Kier molecular flexibility index (Phi) is 29.8. The number of allylic oxidation sites excluding steroid dienone is 10. The average molecular weight is 787 g/mol. The van der Waals surface area contributed by atoms with E-state index in [1.54, 1.807) is 0 Å². The molecule has 0 aromatic rings.